The van der Waals surface area contributed by atoms with Crippen LogP contribution in [0.2, 0.25) is 0 Å². The molecular formula is C15H20N2O2S. The van der Waals surface area contributed by atoms with Gasteiger partial charge < -0.3 is 10.2 Å². The van der Waals surface area contributed by atoms with Crippen molar-refractivity contribution in [1.29, 1.82) is 0 Å². The molecule has 0 saturated carbocycles. The first-order valence-corrected chi connectivity index (χ1v) is 7.89. The van der Waals surface area contributed by atoms with Gasteiger partial charge in [-0.1, -0.05) is 12.1 Å². The number of nitrogens with one attached hydrogen (secondary N) is 1. The SMILES string of the molecule is CSc1ccc(CC(=O)N2CCNC(=O)C2(C)C)cc1. The van der Waals surface area contributed by atoms with E-state index in [9.17, 15) is 9.59 Å². The smallest absolute Gasteiger partial charge is 0.245 e. The van der Waals surface area contributed by atoms with Crippen molar-refractivity contribution in [2.75, 3.05) is 19.3 Å². The molecule has 1 heterocycles. The maximum absolute atomic E-state index is 12.4. The number of hydrogen-bond acceptors (Lipinski definition) is 3. The first-order valence-electron chi connectivity index (χ1n) is 6.67. The van der Waals surface area contributed by atoms with Crippen LogP contribution in [-0.2, 0) is 16.0 Å². The number of thioether (sulfide) groups is 1. The van der Waals surface area contributed by atoms with Gasteiger partial charge in [0.2, 0.25) is 11.8 Å². The van der Waals surface area contributed by atoms with E-state index in [1.807, 2.05) is 30.5 Å². The van der Waals surface area contributed by atoms with Crippen molar-refractivity contribution in [3.63, 3.8) is 0 Å². The largest absolute Gasteiger partial charge is 0.352 e. The quantitative estimate of drug-likeness (QED) is 0.863. The lowest BCUT2D eigenvalue weighted by Crippen LogP contribution is -2.63. The summed E-state index contributed by atoms with van der Waals surface area (Å²) in [4.78, 5) is 27.1. The van der Waals surface area contributed by atoms with Gasteiger partial charge in [0.1, 0.15) is 5.54 Å². The maximum atomic E-state index is 12.4. The molecule has 0 aliphatic carbocycles. The number of carbonyl (C=O) groups is 2. The molecule has 1 aliphatic rings. The molecule has 0 spiro atoms. The Labute approximate surface area is 123 Å². The Morgan fingerprint density at radius 3 is 2.60 bits per heavy atom. The lowest BCUT2D eigenvalue weighted by Gasteiger charge is -2.41. The zero-order chi connectivity index (χ0) is 14.8. The second-order valence-electron chi connectivity index (χ2n) is 5.39. The Hall–Kier alpha value is -1.49. The van der Waals surface area contributed by atoms with Crippen molar-refractivity contribution in [1.82, 2.24) is 10.2 Å². The van der Waals surface area contributed by atoms with E-state index in [1.54, 1.807) is 30.5 Å². The number of carbonyl (C=O) groups excluding carboxylic acids is 2. The number of benzene rings is 1. The predicted octanol–water partition coefficient (Wildman–Crippen LogP) is 1.69. The lowest BCUT2D eigenvalue weighted by atomic mass is 9.97. The number of piperazine rings is 1. The molecular weight excluding hydrogens is 272 g/mol. The van der Waals surface area contributed by atoms with Crippen LogP contribution in [-0.4, -0.2) is 41.6 Å². The molecule has 0 radical (unpaired) electrons. The fourth-order valence-electron chi connectivity index (χ4n) is 2.35. The predicted molar refractivity (Wildman–Crippen MR) is 80.7 cm³/mol. The van der Waals surface area contributed by atoms with Gasteiger partial charge in [-0.15, -0.1) is 11.8 Å². The summed E-state index contributed by atoms with van der Waals surface area (Å²) in [5, 5.41) is 2.80. The normalized spacial score (nSPS) is 17.8. The lowest BCUT2D eigenvalue weighted by molar-refractivity contribution is -0.148. The zero-order valence-corrected chi connectivity index (χ0v) is 12.9. The van der Waals surface area contributed by atoms with Gasteiger partial charge in [0.25, 0.3) is 0 Å². The minimum Gasteiger partial charge on any atom is -0.352 e. The summed E-state index contributed by atoms with van der Waals surface area (Å²) < 4.78 is 0. The van der Waals surface area contributed by atoms with Crippen molar-refractivity contribution in [3.05, 3.63) is 29.8 Å². The highest BCUT2D eigenvalue weighted by Crippen LogP contribution is 2.20. The standard InChI is InChI=1S/C15H20N2O2S/c1-15(2)14(19)16-8-9-17(15)13(18)10-11-4-6-12(20-3)7-5-11/h4-7H,8-10H2,1-3H3,(H,16,19). The molecule has 2 rings (SSSR count). The molecule has 1 aliphatic heterocycles. The molecule has 0 atom stereocenters. The highest BCUT2D eigenvalue weighted by atomic mass is 32.2. The van der Waals surface area contributed by atoms with Crippen LogP contribution < -0.4 is 5.32 Å². The number of amides is 2. The first-order chi connectivity index (χ1) is 9.45. The van der Waals surface area contributed by atoms with Crippen LogP contribution in [0.5, 0.6) is 0 Å². The van der Waals surface area contributed by atoms with Gasteiger partial charge in [0.05, 0.1) is 6.42 Å². The molecule has 1 N–H and O–H groups in total. The van der Waals surface area contributed by atoms with Gasteiger partial charge in [-0.3, -0.25) is 9.59 Å². The molecule has 0 bridgehead atoms. The van der Waals surface area contributed by atoms with E-state index in [1.165, 1.54) is 4.90 Å². The van der Waals surface area contributed by atoms with E-state index >= 15 is 0 Å². The average molecular weight is 292 g/mol. The summed E-state index contributed by atoms with van der Waals surface area (Å²) in [5.41, 5.74) is 0.212. The molecule has 2 amide bonds. The van der Waals surface area contributed by atoms with Gasteiger partial charge >= 0.3 is 0 Å². The summed E-state index contributed by atoms with van der Waals surface area (Å²) in [6.45, 7) is 4.67. The molecule has 108 valence electrons. The Kier molecular flexibility index (Phi) is 4.38. The summed E-state index contributed by atoms with van der Waals surface area (Å²) in [5.74, 6) is -0.0865. The van der Waals surface area contributed by atoms with Gasteiger partial charge in [0, 0.05) is 18.0 Å². The van der Waals surface area contributed by atoms with E-state index in [2.05, 4.69) is 5.32 Å². The molecule has 5 heteroatoms. The Balaban J connectivity index is 2.08. The molecule has 1 aromatic rings. The second kappa shape index (κ2) is 5.87. The third kappa shape index (κ3) is 2.98. The molecule has 4 nitrogen and oxygen atoms in total. The fourth-order valence-corrected chi connectivity index (χ4v) is 2.76. The fraction of sp³-hybridized carbons (Fsp3) is 0.467. The number of hydrogen-bond donors (Lipinski definition) is 1. The van der Waals surface area contributed by atoms with Gasteiger partial charge in [0.15, 0.2) is 0 Å². The van der Waals surface area contributed by atoms with Gasteiger partial charge in [-0.25, -0.2) is 0 Å². The summed E-state index contributed by atoms with van der Waals surface area (Å²) in [6, 6.07) is 7.98. The Morgan fingerprint density at radius 1 is 1.35 bits per heavy atom. The van der Waals surface area contributed by atoms with E-state index in [0.29, 0.717) is 19.5 Å². The van der Waals surface area contributed by atoms with E-state index in [-0.39, 0.29) is 11.8 Å². The maximum Gasteiger partial charge on any atom is 0.245 e. The molecule has 0 unspecified atom stereocenters. The molecule has 1 saturated heterocycles. The highest BCUT2D eigenvalue weighted by Gasteiger charge is 2.40. The first kappa shape index (κ1) is 14.9. The van der Waals surface area contributed by atoms with Crippen molar-refractivity contribution in [2.24, 2.45) is 0 Å². The van der Waals surface area contributed by atoms with E-state index in [0.717, 1.165) is 5.56 Å². The van der Waals surface area contributed by atoms with Crippen LogP contribution in [0.1, 0.15) is 19.4 Å². The van der Waals surface area contributed by atoms with Crippen molar-refractivity contribution >= 4 is 23.6 Å². The van der Waals surface area contributed by atoms with E-state index in [4.69, 9.17) is 0 Å². The van der Waals surface area contributed by atoms with Crippen LogP contribution in [0.3, 0.4) is 0 Å². The number of rotatable bonds is 3. The highest BCUT2D eigenvalue weighted by molar-refractivity contribution is 7.98. The zero-order valence-electron chi connectivity index (χ0n) is 12.1. The van der Waals surface area contributed by atoms with E-state index < -0.39 is 5.54 Å². The third-order valence-electron chi connectivity index (χ3n) is 3.67. The van der Waals surface area contributed by atoms with Crippen LogP contribution in [0.4, 0.5) is 0 Å². The van der Waals surface area contributed by atoms with Crippen LogP contribution >= 0.6 is 11.8 Å². The van der Waals surface area contributed by atoms with Crippen LogP contribution in [0, 0.1) is 0 Å². The van der Waals surface area contributed by atoms with Gasteiger partial charge in [-0.2, -0.15) is 0 Å². The number of nitrogens with zero attached hydrogens (tertiary/aromatic N) is 1. The minimum atomic E-state index is -0.769. The monoisotopic (exact) mass is 292 g/mol. The average Bonchev–Trinajstić information content (AvgIpc) is 2.42. The molecule has 20 heavy (non-hydrogen) atoms. The Morgan fingerprint density at radius 2 is 2.00 bits per heavy atom. The molecule has 1 aromatic carbocycles. The Bertz CT molecular complexity index is 511. The van der Waals surface area contributed by atoms with Crippen molar-refractivity contribution < 1.29 is 9.59 Å². The topological polar surface area (TPSA) is 49.4 Å². The third-order valence-corrected chi connectivity index (χ3v) is 4.41. The minimum absolute atomic E-state index is 0.00162. The summed E-state index contributed by atoms with van der Waals surface area (Å²) in [6.07, 6.45) is 2.36. The molecule has 0 aromatic heterocycles. The second-order valence-corrected chi connectivity index (χ2v) is 6.26. The van der Waals surface area contributed by atoms with Crippen LogP contribution in [0.25, 0.3) is 0 Å². The van der Waals surface area contributed by atoms with Crippen LogP contribution in [0.15, 0.2) is 29.2 Å². The van der Waals surface area contributed by atoms with Gasteiger partial charge in [-0.05, 0) is 37.8 Å². The summed E-state index contributed by atoms with van der Waals surface area (Å²) in [7, 11) is 0. The van der Waals surface area contributed by atoms with Crippen molar-refractivity contribution in [3.8, 4) is 0 Å². The van der Waals surface area contributed by atoms with Crippen molar-refractivity contribution in [2.45, 2.75) is 30.7 Å². The molecule has 1 fully saturated rings. The summed E-state index contributed by atoms with van der Waals surface area (Å²) >= 11 is 1.68.